The number of pyridine rings is 1. The Labute approximate surface area is 198 Å². The van der Waals surface area contributed by atoms with Crippen LogP contribution in [-0.2, 0) is 21.5 Å². The molecule has 5 rings (SSSR count). The van der Waals surface area contributed by atoms with Crippen LogP contribution in [0.5, 0.6) is 0 Å². The predicted octanol–water partition coefficient (Wildman–Crippen LogP) is 4.71. The van der Waals surface area contributed by atoms with E-state index >= 15 is 0 Å². The number of ether oxygens (including phenoxy) is 1. The van der Waals surface area contributed by atoms with Crippen molar-refractivity contribution in [1.82, 2.24) is 14.6 Å². The number of carbonyl (C=O) groups excluding carboxylic acids is 1. The van der Waals surface area contributed by atoms with Crippen LogP contribution in [0.3, 0.4) is 0 Å². The zero-order valence-corrected chi connectivity index (χ0v) is 19.7. The van der Waals surface area contributed by atoms with Crippen molar-refractivity contribution < 1.29 is 9.53 Å². The van der Waals surface area contributed by atoms with Crippen LogP contribution in [0.2, 0.25) is 5.02 Å². The summed E-state index contributed by atoms with van der Waals surface area (Å²) in [6, 6.07) is 7.59. The van der Waals surface area contributed by atoms with Crippen LogP contribution in [0.4, 0.5) is 5.69 Å². The van der Waals surface area contributed by atoms with Crippen molar-refractivity contribution in [3.63, 3.8) is 0 Å². The minimum Gasteiger partial charge on any atom is -0.463 e. The van der Waals surface area contributed by atoms with E-state index in [1.807, 2.05) is 44.4 Å². The Morgan fingerprint density at radius 1 is 1.33 bits per heavy atom. The second kappa shape index (κ2) is 8.06. The fourth-order valence-electron chi connectivity index (χ4n) is 5.35. The molecule has 1 saturated carbocycles. The number of rotatable bonds is 4. The fourth-order valence-corrected chi connectivity index (χ4v) is 5.51. The molecule has 2 aliphatic rings. The number of aromatic nitrogens is 3. The van der Waals surface area contributed by atoms with Crippen LogP contribution in [0.15, 0.2) is 48.9 Å². The smallest absolute Gasteiger partial charge is 0.309 e. The Kier molecular flexibility index (Phi) is 5.32. The first kappa shape index (κ1) is 21.8. The number of nitrogens with two attached hydrogens (primary N) is 1. The van der Waals surface area contributed by atoms with Gasteiger partial charge in [0, 0.05) is 22.3 Å². The highest BCUT2D eigenvalue weighted by molar-refractivity contribution is 6.31. The molecular formula is C25H28ClN5O2. The van der Waals surface area contributed by atoms with Gasteiger partial charge in [0.1, 0.15) is 5.82 Å². The number of benzene rings is 1. The summed E-state index contributed by atoms with van der Waals surface area (Å²) < 4.78 is 7.06. The van der Waals surface area contributed by atoms with Crippen molar-refractivity contribution >= 4 is 34.3 Å². The van der Waals surface area contributed by atoms with Gasteiger partial charge < -0.3 is 15.5 Å². The Hall–Kier alpha value is -3.06. The lowest BCUT2D eigenvalue weighted by molar-refractivity contribution is -0.153. The largest absolute Gasteiger partial charge is 0.463 e. The van der Waals surface area contributed by atoms with Gasteiger partial charge in [-0.15, -0.1) is 0 Å². The number of esters is 1. The molecule has 7 nitrogen and oxygen atoms in total. The van der Waals surface area contributed by atoms with Crippen molar-refractivity contribution in [3.8, 4) is 0 Å². The van der Waals surface area contributed by atoms with Gasteiger partial charge >= 0.3 is 5.97 Å². The standard InChI is InChI=1S/C25H28ClN5O2/c1-15(2)33-24(32)17-6-9-25(10-7-17)16(3)30(22-13-28-11-8-19(22)25)14-23-29-20-5-4-18(26)12-21(20)31(23)27/h4-5,8,11-13,15,17H,3,6-7,9-10,14,27H2,1-2H3. The van der Waals surface area contributed by atoms with E-state index in [-0.39, 0.29) is 23.4 Å². The molecule has 3 aromatic rings. The van der Waals surface area contributed by atoms with Gasteiger partial charge in [-0.3, -0.25) is 9.78 Å². The Morgan fingerprint density at radius 3 is 2.82 bits per heavy atom. The third-order valence-corrected chi connectivity index (χ3v) is 7.27. The number of nitrogens with zero attached hydrogens (tertiary/aromatic N) is 4. The summed E-state index contributed by atoms with van der Waals surface area (Å²) >= 11 is 6.16. The minimum absolute atomic E-state index is 0.0665. The quantitative estimate of drug-likeness (QED) is 0.443. The molecule has 0 saturated heterocycles. The summed E-state index contributed by atoms with van der Waals surface area (Å²) in [5, 5.41) is 0.618. The maximum absolute atomic E-state index is 12.5. The Morgan fingerprint density at radius 2 is 2.09 bits per heavy atom. The van der Waals surface area contributed by atoms with Crippen LogP contribution >= 0.6 is 11.6 Å². The molecule has 3 heterocycles. The van der Waals surface area contributed by atoms with Crippen LogP contribution in [0, 0.1) is 5.92 Å². The third kappa shape index (κ3) is 3.55. The number of hydrogen-bond acceptors (Lipinski definition) is 6. The lowest BCUT2D eigenvalue weighted by Gasteiger charge is -2.38. The van der Waals surface area contributed by atoms with Crippen LogP contribution in [-0.4, -0.2) is 26.7 Å². The van der Waals surface area contributed by atoms with Gasteiger partial charge in [-0.2, -0.15) is 0 Å². The molecule has 0 bridgehead atoms. The molecule has 8 heteroatoms. The van der Waals surface area contributed by atoms with E-state index in [1.165, 1.54) is 5.56 Å². The van der Waals surface area contributed by atoms with E-state index in [9.17, 15) is 4.79 Å². The third-order valence-electron chi connectivity index (χ3n) is 7.03. The summed E-state index contributed by atoms with van der Waals surface area (Å²) in [5.74, 6) is 6.94. The molecule has 0 radical (unpaired) electrons. The lowest BCUT2D eigenvalue weighted by atomic mass is 9.66. The lowest BCUT2D eigenvalue weighted by Crippen LogP contribution is -2.37. The molecule has 0 unspecified atom stereocenters. The van der Waals surface area contributed by atoms with Gasteiger partial charge in [0.05, 0.1) is 41.5 Å². The van der Waals surface area contributed by atoms with Gasteiger partial charge in [-0.1, -0.05) is 18.2 Å². The maximum atomic E-state index is 12.5. The Balaban J connectivity index is 1.44. The van der Waals surface area contributed by atoms with E-state index < -0.39 is 0 Å². The van der Waals surface area contributed by atoms with Crippen LogP contribution in [0.25, 0.3) is 11.0 Å². The van der Waals surface area contributed by atoms with E-state index in [2.05, 4.69) is 22.5 Å². The summed E-state index contributed by atoms with van der Waals surface area (Å²) in [4.78, 5) is 23.8. The average molecular weight is 466 g/mol. The molecule has 1 aromatic carbocycles. The highest BCUT2D eigenvalue weighted by Crippen LogP contribution is 2.55. The molecule has 172 valence electrons. The predicted molar refractivity (Wildman–Crippen MR) is 129 cm³/mol. The zero-order chi connectivity index (χ0) is 23.3. The number of hydrogen-bond donors (Lipinski definition) is 1. The Bertz CT molecular complexity index is 1240. The molecule has 0 atom stereocenters. The molecule has 1 aliphatic carbocycles. The molecule has 1 spiro atoms. The fraction of sp³-hybridized carbons (Fsp3) is 0.400. The number of nitrogen functional groups attached to an aromatic ring is 1. The molecule has 0 amide bonds. The van der Waals surface area contributed by atoms with E-state index in [4.69, 9.17) is 27.2 Å². The van der Waals surface area contributed by atoms with Gasteiger partial charge in [0.15, 0.2) is 0 Å². The summed E-state index contributed by atoms with van der Waals surface area (Å²) in [6.45, 7) is 8.78. The number of imidazole rings is 1. The van der Waals surface area contributed by atoms with Crippen molar-refractivity contribution in [2.24, 2.45) is 5.92 Å². The molecular weight excluding hydrogens is 438 g/mol. The minimum atomic E-state index is -0.221. The first-order valence-electron chi connectivity index (χ1n) is 11.3. The van der Waals surface area contributed by atoms with Gasteiger partial charge in [0.2, 0.25) is 0 Å². The first-order valence-corrected chi connectivity index (χ1v) is 11.7. The topological polar surface area (TPSA) is 86.3 Å². The van der Waals surface area contributed by atoms with E-state index in [1.54, 1.807) is 4.68 Å². The number of halogens is 1. The molecule has 1 aliphatic heterocycles. The van der Waals surface area contributed by atoms with Gasteiger partial charge in [-0.25, -0.2) is 9.66 Å². The van der Waals surface area contributed by atoms with Crippen LogP contribution in [0.1, 0.15) is 50.9 Å². The van der Waals surface area contributed by atoms with E-state index in [0.29, 0.717) is 11.6 Å². The number of allylic oxidation sites excluding steroid dienone is 1. The highest BCUT2D eigenvalue weighted by Gasteiger charge is 2.49. The van der Waals surface area contributed by atoms with Crippen molar-refractivity contribution in [3.05, 3.63) is 65.3 Å². The second-order valence-corrected chi connectivity index (χ2v) is 9.74. The SMILES string of the molecule is C=C1N(Cc2nc3ccc(Cl)cc3n2N)c2cnccc2C12CCC(C(=O)OC(C)C)CC2. The summed E-state index contributed by atoms with van der Waals surface area (Å²) in [7, 11) is 0. The number of fused-ring (bicyclic) bond motifs is 3. The molecule has 2 N–H and O–H groups in total. The van der Waals surface area contributed by atoms with Crippen LogP contribution < -0.4 is 10.7 Å². The maximum Gasteiger partial charge on any atom is 0.309 e. The average Bonchev–Trinajstić information content (AvgIpc) is 3.22. The van der Waals surface area contributed by atoms with Crippen molar-refractivity contribution in [2.45, 2.75) is 57.6 Å². The van der Waals surface area contributed by atoms with Gasteiger partial charge in [-0.05, 0) is 69.4 Å². The monoisotopic (exact) mass is 465 g/mol. The molecule has 33 heavy (non-hydrogen) atoms. The second-order valence-electron chi connectivity index (χ2n) is 9.30. The number of carbonyl (C=O) groups is 1. The number of anilines is 1. The van der Waals surface area contributed by atoms with Gasteiger partial charge in [0.25, 0.3) is 0 Å². The summed E-state index contributed by atoms with van der Waals surface area (Å²) in [5.41, 5.74) is 4.60. The van der Waals surface area contributed by atoms with Crippen molar-refractivity contribution in [2.75, 3.05) is 10.7 Å². The van der Waals surface area contributed by atoms with Crippen molar-refractivity contribution in [1.29, 1.82) is 0 Å². The molecule has 1 fully saturated rings. The zero-order valence-electron chi connectivity index (χ0n) is 18.9. The highest BCUT2D eigenvalue weighted by atomic mass is 35.5. The normalized spacial score (nSPS) is 22.4. The summed E-state index contributed by atoms with van der Waals surface area (Å²) in [6.07, 6.45) is 6.84. The molecule has 2 aromatic heterocycles. The van der Waals surface area contributed by atoms with E-state index in [0.717, 1.165) is 53.9 Å². The first-order chi connectivity index (χ1) is 15.8.